The third-order valence-electron chi connectivity index (χ3n) is 6.14. The van der Waals surface area contributed by atoms with Gasteiger partial charge in [-0.25, -0.2) is 0 Å². The molecule has 0 saturated carbocycles. The molecule has 5 rings (SSSR count). The molecule has 0 saturated heterocycles. The number of benzene rings is 4. The molecule has 1 heterocycles. The van der Waals surface area contributed by atoms with E-state index in [1.807, 2.05) is 17.8 Å². The first-order valence-electron chi connectivity index (χ1n) is 11.5. The van der Waals surface area contributed by atoms with Gasteiger partial charge in [0.15, 0.2) is 0 Å². The lowest BCUT2D eigenvalue weighted by Gasteiger charge is -2.25. The lowest BCUT2D eigenvalue weighted by Crippen LogP contribution is -2.24. The lowest BCUT2D eigenvalue weighted by atomic mass is 9.94. The summed E-state index contributed by atoms with van der Waals surface area (Å²) < 4.78 is 0. The molecule has 0 fully saturated rings. The molecule has 0 amide bonds. The summed E-state index contributed by atoms with van der Waals surface area (Å²) in [6.45, 7) is 1.73. The maximum Gasteiger partial charge on any atom is 0.0998 e. The summed E-state index contributed by atoms with van der Waals surface area (Å²) >= 11 is 1.68. The standard InChI is InChI=1S/C30H25N3S/c31-19-25-15-16-26(18-30(25)29-14-6-12-24-11-4-5-13-28(24)29)33(21-27-20-32-22-34-27)17-7-10-23-8-2-1-3-9-23/h1-6,8-9,11-16,18,20,22H,7,10,17,21H2. The molecule has 4 heteroatoms. The van der Waals surface area contributed by atoms with Crippen LogP contribution in [0.15, 0.2) is 103 Å². The third-order valence-corrected chi connectivity index (χ3v) is 6.90. The molecule has 0 atom stereocenters. The second-order valence-electron chi connectivity index (χ2n) is 8.35. The van der Waals surface area contributed by atoms with Crippen LogP contribution in [-0.4, -0.2) is 11.5 Å². The molecule has 1 aromatic heterocycles. The van der Waals surface area contributed by atoms with E-state index in [1.54, 1.807) is 11.3 Å². The Morgan fingerprint density at radius 2 is 1.68 bits per heavy atom. The van der Waals surface area contributed by atoms with Gasteiger partial charge in [-0.1, -0.05) is 72.8 Å². The number of rotatable bonds is 8. The molecule has 34 heavy (non-hydrogen) atoms. The van der Waals surface area contributed by atoms with Crippen LogP contribution in [0.5, 0.6) is 0 Å². The van der Waals surface area contributed by atoms with Gasteiger partial charge in [-0.3, -0.25) is 4.98 Å². The predicted molar refractivity (Wildman–Crippen MR) is 142 cm³/mol. The Kier molecular flexibility index (Phi) is 6.65. The smallest absolute Gasteiger partial charge is 0.0998 e. The van der Waals surface area contributed by atoms with Gasteiger partial charge in [0.25, 0.3) is 0 Å². The minimum Gasteiger partial charge on any atom is -0.366 e. The van der Waals surface area contributed by atoms with Crippen molar-refractivity contribution in [3.05, 3.63) is 119 Å². The van der Waals surface area contributed by atoms with E-state index in [4.69, 9.17) is 0 Å². The van der Waals surface area contributed by atoms with E-state index in [0.717, 1.165) is 48.1 Å². The van der Waals surface area contributed by atoms with Gasteiger partial charge >= 0.3 is 0 Å². The number of anilines is 1. The van der Waals surface area contributed by atoms with Crippen molar-refractivity contribution >= 4 is 27.8 Å². The normalized spacial score (nSPS) is 10.8. The van der Waals surface area contributed by atoms with Crippen molar-refractivity contribution in [3.63, 3.8) is 0 Å². The number of hydrogen-bond acceptors (Lipinski definition) is 4. The highest BCUT2D eigenvalue weighted by molar-refractivity contribution is 7.09. The van der Waals surface area contributed by atoms with E-state index in [2.05, 4.69) is 101 Å². The summed E-state index contributed by atoms with van der Waals surface area (Å²) in [7, 11) is 0. The van der Waals surface area contributed by atoms with Gasteiger partial charge in [0.2, 0.25) is 0 Å². The second kappa shape index (κ2) is 10.3. The summed E-state index contributed by atoms with van der Waals surface area (Å²) in [5.41, 5.74) is 7.15. The van der Waals surface area contributed by atoms with E-state index in [0.29, 0.717) is 5.56 Å². The molecule has 0 aliphatic heterocycles. The Labute approximate surface area is 204 Å². The van der Waals surface area contributed by atoms with Crippen molar-refractivity contribution < 1.29 is 0 Å². The highest BCUT2D eigenvalue weighted by atomic mass is 32.1. The molecule has 0 spiro atoms. The highest BCUT2D eigenvalue weighted by Gasteiger charge is 2.14. The van der Waals surface area contributed by atoms with Crippen molar-refractivity contribution in [3.8, 4) is 17.2 Å². The van der Waals surface area contributed by atoms with Crippen molar-refractivity contribution in [2.24, 2.45) is 0 Å². The Morgan fingerprint density at radius 3 is 2.50 bits per heavy atom. The fraction of sp³-hybridized carbons (Fsp3) is 0.133. The third kappa shape index (κ3) is 4.85. The van der Waals surface area contributed by atoms with Crippen molar-refractivity contribution in [1.29, 1.82) is 5.26 Å². The minimum atomic E-state index is 0.696. The van der Waals surface area contributed by atoms with Crippen LogP contribution in [0.2, 0.25) is 0 Å². The molecular weight excluding hydrogens is 434 g/mol. The molecule has 0 N–H and O–H groups in total. The van der Waals surface area contributed by atoms with Crippen LogP contribution in [0.1, 0.15) is 22.4 Å². The fourth-order valence-electron chi connectivity index (χ4n) is 4.44. The van der Waals surface area contributed by atoms with Crippen LogP contribution in [-0.2, 0) is 13.0 Å². The first-order chi connectivity index (χ1) is 16.8. The minimum absolute atomic E-state index is 0.696. The van der Waals surface area contributed by atoms with Crippen molar-refractivity contribution in [2.45, 2.75) is 19.4 Å². The molecule has 0 aliphatic rings. The van der Waals surface area contributed by atoms with Crippen LogP contribution >= 0.6 is 11.3 Å². The largest absolute Gasteiger partial charge is 0.366 e. The van der Waals surface area contributed by atoms with E-state index in [1.165, 1.54) is 15.8 Å². The average Bonchev–Trinajstić information content (AvgIpc) is 3.41. The van der Waals surface area contributed by atoms with E-state index in [-0.39, 0.29) is 0 Å². The first-order valence-corrected chi connectivity index (χ1v) is 12.4. The van der Waals surface area contributed by atoms with Crippen LogP contribution in [0, 0.1) is 11.3 Å². The van der Waals surface area contributed by atoms with Gasteiger partial charge in [0, 0.05) is 28.9 Å². The number of nitrogens with zero attached hydrogens (tertiary/aromatic N) is 3. The maximum absolute atomic E-state index is 9.89. The van der Waals surface area contributed by atoms with E-state index >= 15 is 0 Å². The molecule has 0 radical (unpaired) electrons. The zero-order valence-electron chi connectivity index (χ0n) is 18.9. The Balaban J connectivity index is 1.50. The van der Waals surface area contributed by atoms with Gasteiger partial charge in [0.05, 0.1) is 23.7 Å². The number of aryl methyl sites for hydroxylation is 1. The van der Waals surface area contributed by atoms with Gasteiger partial charge in [0.1, 0.15) is 0 Å². The van der Waals surface area contributed by atoms with Crippen molar-refractivity contribution in [1.82, 2.24) is 4.98 Å². The topological polar surface area (TPSA) is 39.9 Å². The highest BCUT2D eigenvalue weighted by Crippen LogP contribution is 2.34. The van der Waals surface area contributed by atoms with Crippen LogP contribution < -0.4 is 4.90 Å². The number of nitriles is 1. The SMILES string of the molecule is N#Cc1ccc(N(CCCc2ccccc2)Cc2cncs2)cc1-c1cccc2ccccc12. The Hall–Kier alpha value is -3.94. The molecule has 3 nitrogen and oxygen atoms in total. The molecule has 0 aliphatic carbocycles. The van der Waals surface area contributed by atoms with Gasteiger partial charge in [-0.2, -0.15) is 5.26 Å². The summed E-state index contributed by atoms with van der Waals surface area (Å²) in [4.78, 5) is 7.91. The zero-order valence-corrected chi connectivity index (χ0v) is 19.7. The molecule has 0 bridgehead atoms. The Morgan fingerprint density at radius 1 is 0.853 bits per heavy atom. The monoisotopic (exact) mass is 459 g/mol. The molecular formula is C30H25N3S. The van der Waals surface area contributed by atoms with E-state index in [9.17, 15) is 5.26 Å². The average molecular weight is 460 g/mol. The molecule has 5 aromatic rings. The number of hydrogen-bond donors (Lipinski definition) is 0. The zero-order chi connectivity index (χ0) is 23.2. The molecule has 166 valence electrons. The molecule has 0 unspecified atom stereocenters. The quantitative estimate of drug-likeness (QED) is 0.241. The summed E-state index contributed by atoms with van der Waals surface area (Å²) in [6, 6.07) is 33.9. The van der Waals surface area contributed by atoms with Gasteiger partial charge in [-0.15, -0.1) is 11.3 Å². The van der Waals surface area contributed by atoms with Gasteiger partial charge < -0.3 is 4.90 Å². The second-order valence-corrected chi connectivity index (χ2v) is 9.32. The lowest BCUT2D eigenvalue weighted by molar-refractivity contribution is 0.732. The summed E-state index contributed by atoms with van der Waals surface area (Å²) in [5, 5.41) is 12.2. The summed E-state index contributed by atoms with van der Waals surface area (Å²) in [6.07, 6.45) is 4.03. The Bertz CT molecular complexity index is 1410. The van der Waals surface area contributed by atoms with E-state index < -0.39 is 0 Å². The molecule has 4 aromatic carbocycles. The number of fused-ring (bicyclic) bond motifs is 1. The van der Waals surface area contributed by atoms with Crippen LogP contribution in [0.4, 0.5) is 5.69 Å². The fourth-order valence-corrected chi connectivity index (χ4v) is 5.05. The number of aromatic nitrogens is 1. The summed E-state index contributed by atoms with van der Waals surface area (Å²) in [5.74, 6) is 0. The van der Waals surface area contributed by atoms with Crippen LogP contribution in [0.3, 0.4) is 0 Å². The number of thiazole rings is 1. The predicted octanol–water partition coefficient (Wildman–Crippen LogP) is 7.47. The maximum atomic E-state index is 9.89. The van der Waals surface area contributed by atoms with Crippen molar-refractivity contribution in [2.75, 3.05) is 11.4 Å². The van der Waals surface area contributed by atoms with Gasteiger partial charge in [-0.05, 0) is 52.9 Å². The van der Waals surface area contributed by atoms with Crippen LogP contribution in [0.25, 0.3) is 21.9 Å². The first kappa shape index (κ1) is 21.9.